The molecule has 1 aromatic heterocycles. The zero-order valence-electron chi connectivity index (χ0n) is 6.53. The Bertz CT molecular complexity index is 214. The number of nitrogens with two attached hydrogens (primary N) is 1. The van der Waals surface area contributed by atoms with Crippen LogP contribution in [0.3, 0.4) is 0 Å². The van der Waals surface area contributed by atoms with Gasteiger partial charge >= 0.3 is 0 Å². The van der Waals surface area contributed by atoms with Gasteiger partial charge in [-0.1, -0.05) is 6.07 Å². The Morgan fingerprint density at radius 3 is 3.18 bits per heavy atom. The lowest BCUT2D eigenvalue weighted by Gasteiger charge is -2.04. The smallest absolute Gasteiger partial charge is 0.113 e. The molecule has 1 aliphatic rings. The van der Waals surface area contributed by atoms with Gasteiger partial charge in [-0.05, 0) is 6.07 Å². The van der Waals surface area contributed by atoms with Gasteiger partial charge in [0.15, 0.2) is 0 Å². The fraction of sp³-hybridized carbons (Fsp3) is 0.444. The molecule has 0 amide bonds. The minimum absolute atomic E-state index is 0.684. The Morgan fingerprint density at radius 2 is 2.55 bits per heavy atom. The van der Waals surface area contributed by atoms with Gasteiger partial charge in [-0.25, -0.2) is 0 Å². The number of hydrogen-bond donors (Lipinski definition) is 1. The number of aromatic nitrogens is 1. The molecule has 1 aliphatic heterocycles. The summed E-state index contributed by atoms with van der Waals surface area (Å²) in [6.07, 6.45) is 6.47. The topological polar surface area (TPSA) is 29.5 Å². The third-order valence-electron chi connectivity index (χ3n) is 2.28. The summed E-state index contributed by atoms with van der Waals surface area (Å²) in [6, 6.07) is 4.87. The number of nitrogens with zero attached hydrogens (tertiary/aromatic N) is 1. The summed E-state index contributed by atoms with van der Waals surface area (Å²) in [6.45, 7) is 1.28. The van der Waals surface area contributed by atoms with Gasteiger partial charge < -0.3 is 5.32 Å². The number of pyridine rings is 1. The first-order valence-electron chi connectivity index (χ1n) is 4.20. The van der Waals surface area contributed by atoms with Gasteiger partial charge in [0.05, 0.1) is 6.54 Å². The summed E-state index contributed by atoms with van der Waals surface area (Å²) in [5, 5.41) is 2.40. The number of quaternary nitrogens is 1. The van der Waals surface area contributed by atoms with Crippen LogP contribution in [0.15, 0.2) is 24.5 Å². The SMILES string of the molecule is c1cncc([C@@H]2CCC[NH2+]2)c1. The normalized spacial score (nSPS) is 23.8. The second-order valence-electron chi connectivity index (χ2n) is 3.06. The zero-order valence-corrected chi connectivity index (χ0v) is 6.53. The average Bonchev–Trinajstić information content (AvgIpc) is 2.58. The monoisotopic (exact) mass is 149 g/mol. The van der Waals surface area contributed by atoms with Crippen molar-refractivity contribution in [3.63, 3.8) is 0 Å². The molecule has 1 aromatic rings. The molecule has 1 saturated heterocycles. The van der Waals surface area contributed by atoms with Crippen molar-refractivity contribution in [2.75, 3.05) is 6.54 Å². The van der Waals surface area contributed by atoms with Gasteiger partial charge in [0, 0.05) is 30.8 Å². The van der Waals surface area contributed by atoms with Gasteiger partial charge in [0.25, 0.3) is 0 Å². The first-order valence-corrected chi connectivity index (χ1v) is 4.20. The molecule has 2 heterocycles. The van der Waals surface area contributed by atoms with E-state index in [1.165, 1.54) is 24.9 Å². The molecule has 0 radical (unpaired) electrons. The summed E-state index contributed by atoms with van der Waals surface area (Å²) in [5.41, 5.74) is 1.38. The molecule has 0 bridgehead atoms. The average molecular weight is 149 g/mol. The Labute approximate surface area is 66.7 Å². The first-order chi connectivity index (χ1) is 5.47. The summed E-state index contributed by atoms with van der Waals surface area (Å²) in [4.78, 5) is 4.11. The fourth-order valence-corrected chi connectivity index (χ4v) is 1.67. The molecule has 1 fully saturated rings. The van der Waals surface area contributed by atoms with E-state index in [4.69, 9.17) is 0 Å². The third-order valence-corrected chi connectivity index (χ3v) is 2.28. The zero-order chi connectivity index (χ0) is 7.52. The van der Waals surface area contributed by atoms with Gasteiger partial charge in [-0.3, -0.25) is 4.98 Å². The van der Waals surface area contributed by atoms with Crippen molar-refractivity contribution in [2.24, 2.45) is 0 Å². The van der Waals surface area contributed by atoms with E-state index < -0.39 is 0 Å². The summed E-state index contributed by atoms with van der Waals surface area (Å²) >= 11 is 0. The lowest BCUT2D eigenvalue weighted by molar-refractivity contribution is -0.676. The largest absolute Gasteiger partial charge is 0.340 e. The molecule has 2 N–H and O–H groups in total. The highest BCUT2D eigenvalue weighted by Gasteiger charge is 2.19. The molecular weight excluding hydrogens is 136 g/mol. The molecule has 0 unspecified atom stereocenters. The maximum absolute atomic E-state index is 4.11. The van der Waals surface area contributed by atoms with Crippen LogP contribution in [0.2, 0.25) is 0 Å². The minimum Gasteiger partial charge on any atom is -0.340 e. The van der Waals surface area contributed by atoms with Gasteiger partial charge in [-0.15, -0.1) is 0 Å². The molecule has 11 heavy (non-hydrogen) atoms. The highest BCUT2D eigenvalue weighted by molar-refractivity contribution is 5.11. The van der Waals surface area contributed by atoms with Crippen LogP contribution >= 0.6 is 0 Å². The summed E-state index contributed by atoms with van der Waals surface area (Å²) < 4.78 is 0. The molecule has 0 aromatic carbocycles. The minimum atomic E-state index is 0.684. The number of hydrogen-bond acceptors (Lipinski definition) is 1. The molecule has 2 nitrogen and oxygen atoms in total. The van der Waals surface area contributed by atoms with Crippen molar-refractivity contribution < 1.29 is 5.32 Å². The van der Waals surface area contributed by atoms with E-state index in [2.05, 4.69) is 16.4 Å². The quantitative estimate of drug-likeness (QED) is 0.618. The lowest BCUT2D eigenvalue weighted by Crippen LogP contribution is -2.81. The standard InChI is InChI=1S/C9H12N2/c1-3-8(7-10-5-1)9-4-2-6-11-9/h1,3,5,7,9,11H,2,4,6H2/p+1/t9-/m0/s1. The molecule has 2 rings (SSSR count). The highest BCUT2D eigenvalue weighted by atomic mass is 14.9. The number of rotatable bonds is 1. The van der Waals surface area contributed by atoms with Crippen molar-refractivity contribution in [1.82, 2.24) is 4.98 Å². The predicted octanol–water partition coefficient (Wildman–Crippen LogP) is 0.480. The van der Waals surface area contributed by atoms with E-state index in [0.29, 0.717) is 6.04 Å². The molecule has 0 saturated carbocycles. The summed E-state index contributed by atoms with van der Waals surface area (Å²) in [7, 11) is 0. The summed E-state index contributed by atoms with van der Waals surface area (Å²) in [5.74, 6) is 0. The van der Waals surface area contributed by atoms with Gasteiger partial charge in [0.1, 0.15) is 6.04 Å². The second-order valence-corrected chi connectivity index (χ2v) is 3.06. The van der Waals surface area contributed by atoms with Crippen molar-refractivity contribution in [1.29, 1.82) is 0 Å². The lowest BCUT2D eigenvalue weighted by atomic mass is 10.1. The van der Waals surface area contributed by atoms with Crippen molar-refractivity contribution in [3.05, 3.63) is 30.1 Å². The van der Waals surface area contributed by atoms with Crippen molar-refractivity contribution in [3.8, 4) is 0 Å². The van der Waals surface area contributed by atoms with E-state index in [1.54, 1.807) is 0 Å². The van der Waals surface area contributed by atoms with Crippen LogP contribution < -0.4 is 5.32 Å². The van der Waals surface area contributed by atoms with Crippen LogP contribution in [-0.2, 0) is 0 Å². The first kappa shape index (κ1) is 6.80. The van der Waals surface area contributed by atoms with Crippen molar-refractivity contribution in [2.45, 2.75) is 18.9 Å². The molecule has 1 atom stereocenters. The van der Waals surface area contributed by atoms with Crippen LogP contribution in [0.4, 0.5) is 0 Å². The van der Waals surface area contributed by atoms with Crippen LogP contribution in [0, 0.1) is 0 Å². The molecule has 0 aliphatic carbocycles. The van der Waals surface area contributed by atoms with Gasteiger partial charge in [-0.2, -0.15) is 0 Å². The Balaban J connectivity index is 2.16. The Kier molecular flexibility index (Phi) is 1.86. The second kappa shape index (κ2) is 3.01. The molecule has 0 spiro atoms. The third kappa shape index (κ3) is 1.40. The fourth-order valence-electron chi connectivity index (χ4n) is 1.67. The Morgan fingerprint density at radius 1 is 1.55 bits per heavy atom. The Hall–Kier alpha value is -0.890. The van der Waals surface area contributed by atoms with Crippen LogP contribution in [-0.4, -0.2) is 11.5 Å². The maximum Gasteiger partial charge on any atom is 0.113 e. The van der Waals surface area contributed by atoms with E-state index in [9.17, 15) is 0 Å². The van der Waals surface area contributed by atoms with Gasteiger partial charge in [0.2, 0.25) is 0 Å². The molecular formula is C9H13N2+. The van der Waals surface area contributed by atoms with E-state index in [1.807, 2.05) is 18.5 Å². The van der Waals surface area contributed by atoms with E-state index in [-0.39, 0.29) is 0 Å². The van der Waals surface area contributed by atoms with Crippen LogP contribution in [0.1, 0.15) is 24.4 Å². The maximum atomic E-state index is 4.11. The van der Waals surface area contributed by atoms with Crippen LogP contribution in [0.5, 0.6) is 0 Å². The van der Waals surface area contributed by atoms with E-state index >= 15 is 0 Å². The molecule has 58 valence electrons. The predicted molar refractivity (Wildman–Crippen MR) is 43.0 cm³/mol. The van der Waals surface area contributed by atoms with Crippen molar-refractivity contribution >= 4 is 0 Å². The van der Waals surface area contributed by atoms with Crippen LogP contribution in [0.25, 0.3) is 0 Å². The highest BCUT2D eigenvalue weighted by Crippen LogP contribution is 2.15. The van der Waals surface area contributed by atoms with E-state index in [0.717, 1.165) is 0 Å². The molecule has 2 heteroatoms.